The highest BCUT2D eigenvalue weighted by molar-refractivity contribution is 7.94. The molecular formula is C16H18N2O5S2. The molecule has 0 fully saturated rings. The van der Waals surface area contributed by atoms with E-state index >= 15 is 0 Å². The number of nitrogens with zero attached hydrogens (tertiary/aromatic N) is 1. The van der Waals surface area contributed by atoms with Crippen LogP contribution in [0.5, 0.6) is 0 Å². The minimum absolute atomic E-state index is 0.0287. The third-order valence-corrected chi connectivity index (χ3v) is 5.99. The predicted molar refractivity (Wildman–Crippen MR) is 95.1 cm³/mol. The Morgan fingerprint density at radius 3 is 2.44 bits per heavy atom. The number of ether oxygens (including phenoxy) is 1. The van der Waals surface area contributed by atoms with Crippen molar-refractivity contribution in [3.05, 3.63) is 47.3 Å². The summed E-state index contributed by atoms with van der Waals surface area (Å²) in [5.74, 6) is -1.16. The number of benzene rings is 1. The molecule has 2 rings (SSSR count). The Labute approximate surface area is 150 Å². The summed E-state index contributed by atoms with van der Waals surface area (Å²) in [5, 5.41) is 1.64. The first-order chi connectivity index (χ1) is 11.7. The van der Waals surface area contributed by atoms with Crippen LogP contribution in [0.25, 0.3) is 0 Å². The van der Waals surface area contributed by atoms with E-state index in [0.29, 0.717) is 0 Å². The lowest BCUT2D eigenvalue weighted by atomic mass is 10.2. The number of thiophene rings is 1. The summed E-state index contributed by atoms with van der Waals surface area (Å²) in [5.41, 5.74) is 0.117. The average Bonchev–Trinajstić information content (AvgIpc) is 3.09. The molecule has 1 aromatic carbocycles. The molecule has 0 saturated heterocycles. The highest BCUT2D eigenvalue weighted by Crippen LogP contribution is 2.23. The summed E-state index contributed by atoms with van der Waals surface area (Å²) in [6, 6.07) is 9.15. The zero-order valence-corrected chi connectivity index (χ0v) is 15.6. The van der Waals surface area contributed by atoms with Crippen LogP contribution in [0.3, 0.4) is 0 Å². The van der Waals surface area contributed by atoms with E-state index in [2.05, 4.69) is 4.72 Å². The van der Waals surface area contributed by atoms with Gasteiger partial charge < -0.3 is 9.64 Å². The largest absolute Gasteiger partial charge is 0.449 e. The van der Waals surface area contributed by atoms with Crippen LogP contribution in [0.1, 0.15) is 17.3 Å². The van der Waals surface area contributed by atoms with Crippen molar-refractivity contribution in [3.8, 4) is 0 Å². The SMILES string of the molecule is C[C@H](OC(=O)c1ccccc1NS(=O)(=O)c1cccs1)C(=O)N(C)C. The van der Waals surface area contributed by atoms with E-state index in [1.165, 1.54) is 30.0 Å². The number of nitrogens with one attached hydrogen (secondary N) is 1. The Hall–Kier alpha value is -2.39. The first-order valence-corrected chi connectivity index (χ1v) is 9.66. The lowest BCUT2D eigenvalue weighted by Crippen LogP contribution is -2.35. The van der Waals surface area contributed by atoms with Gasteiger partial charge in [-0.15, -0.1) is 11.3 Å². The highest BCUT2D eigenvalue weighted by atomic mass is 32.2. The molecule has 0 radical (unpaired) electrons. The van der Waals surface area contributed by atoms with Crippen LogP contribution in [0, 0.1) is 0 Å². The van der Waals surface area contributed by atoms with Gasteiger partial charge in [-0.1, -0.05) is 18.2 Å². The van der Waals surface area contributed by atoms with Crippen molar-refractivity contribution in [1.29, 1.82) is 0 Å². The van der Waals surface area contributed by atoms with Crippen molar-refractivity contribution >= 4 is 38.9 Å². The van der Waals surface area contributed by atoms with Crippen LogP contribution in [-0.2, 0) is 19.6 Å². The Kier molecular flexibility index (Phi) is 5.81. The summed E-state index contributed by atoms with van der Waals surface area (Å²) < 4.78 is 32.3. The molecule has 1 aromatic heterocycles. The van der Waals surface area contributed by atoms with E-state index < -0.39 is 22.1 Å². The molecule has 1 atom stereocenters. The molecule has 0 unspecified atom stereocenters. The molecule has 0 saturated carbocycles. The predicted octanol–water partition coefficient (Wildman–Crippen LogP) is 2.18. The lowest BCUT2D eigenvalue weighted by molar-refractivity contribution is -0.137. The Morgan fingerprint density at radius 1 is 1.16 bits per heavy atom. The molecular weight excluding hydrogens is 364 g/mol. The fourth-order valence-electron chi connectivity index (χ4n) is 2.00. The zero-order valence-electron chi connectivity index (χ0n) is 13.9. The van der Waals surface area contributed by atoms with E-state index in [-0.39, 0.29) is 21.4 Å². The summed E-state index contributed by atoms with van der Waals surface area (Å²) in [6.45, 7) is 1.46. The van der Waals surface area contributed by atoms with Crippen molar-refractivity contribution in [2.75, 3.05) is 18.8 Å². The van der Waals surface area contributed by atoms with Gasteiger partial charge in [-0.2, -0.15) is 0 Å². The van der Waals surface area contributed by atoms with Crippen molar-refractivity contribution in [2.24, 2.45) is 0 Å². The number of hydrogen-bond acceptors (Lipinski definition) is 6. The normalized spacial score (nSPS) is 12.3. The number of hydrogen-bond donors (Lipinski definition) is 1. The molecule has 0 spiro atoms. The van der Waals surface area contributed by atoms with Gasteiger partial charge in [0.25, 0.3) is 15.9 Å². The molecule has 1 N–H and O–H groups in total. The van der Waals surface area contributed by atoms with Crippen molar-refractivity contribution in [1.82, 2.24) is 4.90 Å². The van der Waals surface area contributed by atoms with Crippen LogP contribution in [0.4, 0.5) is 5.69 Å². The van der Waals surface area contributed by atoms with E-state index in [0.717, 1.165) is 11.3 Å². The molecule has 7 nitrogen and oxygen atoms in total. The number of sulfonamides is 1. The van der Waals surface area contributed by atoms with Gasteiger partial charge in [0, 0.05) is 14.1 Å². The number of esters is 1. The van der Waals surface area contributed by atoms with Crippen LogP contribution in [0.15, 0.2) is 46.0 Å². The molecule has 9 heteroatoms. The summed E-state index contributed by atoms with van der Waals surface area (Å²) in [7, 11) is -0.696. The van der Waals surface area contributed by atoms with Crippen LogP contribution >= 0.6 is 11.3 Å². The molecule has 134 valence electrons. The maximum Gasteiger partial charge on any atom is 0.341 e. The van der Waals surface area contributed by atoms with Gasteiger partial charge in [0.05, 0.1) is 11.3 Å². The Balaban J connectivity index is 2.23. The minimum atomic E-state index is -3.80. The van der Waals surface area contributed by atoms with Crippen LogP contribution in [-0.4, -0.2) is 45.4 Å². The van der Waals surface area contributed by atoms with Gasteiger partial charge >= 0.3 is 5.97 Å². The number of carbonyl (C=O) groups excluding carboxylic acids is 2. The number of amides is 1. The van der Waals surface area contributed by atoms with E-state index in [4.69, 9.17) is 4.74 Å². The van der Waals surface area contributed by atoms with Crippen molar-refractivity contribution in [2.45, 2.75) is 17.2 Å². The Morgan fingerprint density at radius 2 is 1.84 bits per heavy atom. The van der Waals surface area contributed by atoms with Gasteiger partial charge in [0.15, 0.2) is 6.10 Å². The second-order valence-electron chi connectivity index (χ2n) is 5.36. The second-order valence-corrected chi connectivity index (χ2v) is 8.22. The fourth-order valence-corrected chi connectivity index (χ4v) is 4.07. The van der Waals surface area contributed by atoms with Gasteiger partial charge in [0.1, 0.15) is 4.21 Å². The molecule has 0 aliphatic carbocycles. The zero-order chi connectivity index (χ0) is 18.6. The fraction of sp³-hybridized carbons (Fsp3) is 0.250. The second kappa shape index (κ2) is 7.66. The molecule has 0 bridgehead atoms. The standard InChI is InChI=1S/C16H18N2O5S2/c1-11(15(19)18(2)3)23-16(20)12-7-4-5-8-13(12)17-25(21,22)14-9-6-10-24-14/h4-11,17H,1-3H3/t11-/m0/s1. The van der Waals surface area contributed by atoms with E-state index in [9.17, 15) is 18.0 Å². The molecule has 0 aliphatic rings. The van der Waals surface area contributed by atoms with Crippen molar-refractivity contribution < 1.29 is 22.7 Å². The van der Waals surface area contributed by atoms with Crippen molar-refractivity contribution in [3.63, 3.8) is 0 Å². The van der Waals surface area contributed by atoms with Gasteiger partial charge in [-0.25, -0.2) is 13.2 Å². The Bertz CT molecular complexity index is 860. The van der Waals surface area contributed by atoms with Crippen LogP contribution < -0.4 is 4.72 Å². The minimum Gasteiger partial charge on any atom is -0.449 e. The lowest BCUT2D eigenvalue weighted by Gasteiger charge is -2.18. The first kappa shape index (κ1) is 18.9. The molecule has 1 heterocycles. The monoisotopic (exact) mass is 382 g/mol. The summed E-state index contributed by atoms with van der Waals surface area (Å²) >= 11 is 1.06. The third kappa shape index (κ3) is 4.58. The summed E-state index contributed by atoms with van der Waals surface area (Å²) in [6.07, 6.45) is -0.982. The highest BCUT2D eigenvalue weighted by Gasteiger charge is 2.24. The van der Waals surface area contributed by atoms with Gasteiger partial charge in [0.2, 0.25) is 0 Å². The average molecular weight is 382 g/mol. The molecule has 2 aromatic rings. The molecule has 1 amide bonds. The first-order valence-electron chi connectivity index (χ1n) is 7.30. The number of likely N-dealkylation sites (N-methyl/N-ethyl adjacent to an activating group) is 1. The summed E-state index contributed by atoms with van der Waals surface area (Å²) in [4.78, 5) is 25.5. The van der Waals surface area contributed by atoms with E-state index in [1.807, 2.05) is 0 Å². The van der Waals surface area contributed by atoms with Crippen LogP contribution in [0.2, 0.25) is 0 Å². The molecule has 0 aliphatic heterocycles. The number of para-hydroxylation sites is 1. The topological polar surface area (TPSA) is 92.8 Å². The number of anilines is 1. The van der Waals surface area contributed by atoms with E-state index in [1.54, 1.807) is 37.7 Å². The smallest absolute Gasteiger partial charge is 0.341 e. The van der Waals surface area contributed by atoms with Gasteiger partial charge in [-0.05, 0) is 30.5 Å². The number of carbonyl (C=O) groups is 2. The maximum atomic E-state index is 12.4. The number of rotatable bonds is 6. The van der Waals surface area contributed by atoms with Gasteiger partial charge in [-0.3, -0.25) is 9.52 Å². The quantitative estimate of drug-likeness (QED) is 0.773. The maximum absolute atomic E-state index is 12.4. The molecule has 25 heavy (non-hydrogen) atoms. The third-order valence-electron chi connectivity index (χ3n) is 3.22.